The molecule has 0 bridgehead atoms. The molecular formula is C27H30N4O5. The van der Waals surface area contributed by atoms with E-state index in [1.165, 1.54) is 17.9 Å². The fourth-order valence-corrected chi connectivity index (χ4v) is 4.11. The van der Waals surface area contributed by atoms with Crippen LogP contribution >= 0.6 is 0 Å². The molecule has 9 nitrogen and oxygen atoms in total. The van der Waals surface area contributed by atoms with Gasteiger partial charge in [0.25, 0.3) is 11.8 Å². The molecule has 2 aromatic heterocycles. The number of carbonyl (C=O) groups excluding carboxylic acids is 3. The van der Waals surface area contributed by atoms with E-state index >= 15 is 0 Å². The van der Waals surface area contributed by atoms with Gasteiger partial charge in [-0.2, -0.15) is 5.10 Å². The molecule has 9 heteroatoms. The van der Waals surface area contributed by atoms with E-state index in [1.54, 1.807) is 28.0 Å². The standard InChI is InChI=1S/C27H30N4O5/c1-19-6-8-22(9-7-19)17-31-21(3)23(20(2)28-31)10-11-26(33)36-18-25(32)29-12-14-30(15-13-29)27(34)24-5-4-16-35-24/h4-11,16H,12-15,17-18H2,1-3H3/b11-10+. The van der Waals surface area contributed by atoms with Crippen LogP contribution in [0.1, 0.15) is 38.6 Å². The molecule has 0 aliphatic carbocycles. The number of aromatic nitrogens is 2. The van der Waals surface area contributed by atoms with E-state index in [4.69, 9.17) is 9.15 Å². The van der Waals surface area contributed by atoms with Gasteiger partial charge < -0.3 is 19.0 Å². The summed E-state index contributed by atoms with van der Waals surface area (Å²) in [6.45, 7) is 7.72. The summed E-state index contributed by atoms with van der Waals surface area (Å²) < 4.78 is 12.2. The molecule has 36 heavy (non-hydrogen) atoms. The van der Waals surface area contributed by atoms with Crippen LogP contribution in [-0.2, 0) is 20.9 Å². The number of aryl methyl sites for hydroxylation is 2. The van der Waals surface area contributed by atoms with E-state index in [2.05, 4.69) is 36.3 Å². The van der Waals surface area contributed by atoms with Gasteiger partial charge in [0.15, 0.2) is 12.4 Å². The van der Waals surface area contributed by atoms with Gasteiger partial charge in [0, 0.05) is 43.5 Å². The van der Waals surface area contributed by atoms with Crippen molar-refractivity contribution in [3.05, 3.63) is 82.6 Å². The van der Waals surface area contributed by atoms with Crippen molar-refractivity contribution in [3.8, 4) is 0 Å². The number of furan rings is 1. The molecule has 0 unspecified atom stereocenters. The lowest BCUT2D eigenvalue weighted by Crippen LogP contribution is -2.51. The Morgan fingerprint density at radius 1 is 1.00 bits per heavy atom. The highest BCUT2D eigenvalue weighted by molar-refractivity contribution is 5.92. The number of amides is 2. The quantitative estimate of drug-likeness (QED) is 0.373. The van der Waals surface area contributed by atoms with Crippen LogP contribution in [0.25, 0.3) is 6.08 Å². The second kappa shape index (κ2) is 11.1. The third kappa shape index (κ3) is 5.91. The van der Waals surface area contributed by atoms with E-state index in [9.17, 15) is 14.4 Å². The summed E-state index contributed by atoms with van der Waals surface area (Å²) in [7, 11) is 0. The van der Waals surface area contributed by atoms with Crippen molar-refractivity contribution in [2.45, 2.75) is 27.3 Å². The Bertz CT molecular complexity index is 1250. The zero-order chi connectivity index (χ0) is 25.7. The number of carbonyl (C=O) groups is 3. The lowest BCUT2D eigenvalue weighted by atomic mass is 10.1. The average molecular weight is 491 g/mol. The number of nitrogens with zero attached hydrogens (tertiary/aromatic N) is 4. The predicted molar refractivity (Wildman–Crippen MR) is 133 cm³/mol. The first-order valence-corrected chi connectivity index (χ1v) is 11.9. The fraction of sp³-hybridized carbons (Fsp3) is 0.333. The van der Waals surface area contributed by atoms with Crippen LogP contribution in [0.2, 0.25) is 0 Å². The van der Waals surface area contributed by atoms with Gasteiger partial charge in [-0.05, 0) is 44.5 Å². The topological polar surface area (TPSA) is 97.9 Å². The number of hydrogen-bond donors (Lipinski definition) is 0. The summed E-state index contributed by atoms with van der Waals surface area (Å²) in [6, 6.07) is 11.6. The molecular weight excluding hydrogens is 460 g/mol. The van der Waals surface area contributed by atoms with E-state index < -0.39 is 5.97 Å². The van der Waals surface area contributed by atoms with Crippen molar-refractivity contribution in [2.75, 3.05) is 32.8 Å². The molecule has 0 N–H and O–H groups in total. The van der Waals surface area contributed by atoms with E-state index in [0.29, 0.717) is 32.7 Å². The number of rotatable bonds is 7. The molecule has 4 rings (SSSR count). The maximum absolute atomic E-state index is 12.5. The SMILES string of the molecule is Cc1ccc(Cn2nc(C)c(/C=C/C(=O)OCC(=O)N3CCN(C(=O)c4ccco4)CC3)c2C)cc1. The Morgan fingerprint density at radius 2 is 1.69 bits per heavy atom. The molecule has 1 aliphatic heterocycles. The molecule has 1 aromatic carbocycles. The van der Waals surface area contributed by atoms with E-state index in [0.717, 1.165) is 22.5 Å². The molecule has 1 fully saturated rings. The van der Waals surface area contributed by atoms with E-state index in [1.807, 2.05) is 18.5 Å². The lowest BCUT2D eigenvalue weighted by Gasteiger charge is -2.34. The van der Waals surface area contributed by atoms with Crippen LogP contribution in [0.5, 0.6) is 0 Å². The smallest absolute Gasteiger partial charge is 0.331 e. The van der Waals surface area contributed by atoms with Gasteiger partial charge in [-0.15, -0.1) is 0 Å². The molecule has 3 aromatic rings. The normalized spacial score (nSPS) is 13.9. The van der Waals surface area contributed by atoms with Gasteiger partial charge in [-0.1, -0.05) is 29.8 Å². The average Bonchev–Trinajstić information content (AvgIpc) is 3.51. The van der Waals surface area contributed by atoms with E-state index in [-0.39, 0.29) is 24.2 Å². The molecule has 1 saturated heterocycles. The minimum Gasteiger partial charge on any atom is -0.459 e. The van der Waals surface area contributed by atoms with Crippen molar-refractivity contribution in [2.24, 2.45) is 0 Å². The molecule has 1 aliphatic rings. The fourth-order valence-electron chi connectivity index (χ4n) is 4.11. The monoisotopic (exact) mass is 490 g/mol. The van der Waals surface area contributed by atoms with Gasteiger partial charge in [-0.3, -0.25) is 14.3 Å². The Hall–Kier alpha value is -4.14. The Morgan fingerprint density at radius 3 is 2.36 bits per heavy atom. The first-order valence-electron chi connectivity index (χ1n) is 11.9. The molecule has 0 saturated carbocycles. The number of ether oxygens (including phenoxy) is 1. The molecule has 188 valence electrons. The summed E-state index contributed by atoms with van der Waals surface area (Å²) in [5.41, 5.74) is 4.94. The summed E-state index contributed by atoms with van der Waals surface area (Å²) in [5.74, 6) is -0.807. The van der Waals surface area contributed by atoms with Crippen LogP contribution in [-0.4, -0.2) is 70.1 Å². The van der Waals surface area contributed by atoms with Crippen LogP contribution in [0.15, 0.2) is 53.2 Å². The highest BCUT2D eigenvalue weighted by Gasteiger charge is 2.26. The predicted octanol–water partition coefficient (Wildman–Crippen LogP) is 2.99. The number of benzene rings is 1. The number of hydrogen-bond acceptors (Lipinski definition) is 6. The van der Waals surface area contributed by atoms with Crippen molar-refractivity contribution in [3.63, 3.8) is 0 Å². The summed E-state index contributed by atoms with van der Waals surface area (Å²) in [4.78, 5) is 40.3. The molecule has 0 radical (unpaired) electrons. The van der Waals surface area contributed by atoms with Crippen LogP contribution < -0.4 is 0 Å². The minimum atomic E-state index is -0.597. The van der Waals surface area contributed by atoms with Crippen LogP contribution in [0.3, 0.4) is 0 Å². The highest BCUT2D eigenvalue weighted by Crippen LogP contribution is 2.17. The first kappa shape index (κ1) is 25.0. The second-order valence-corrected chi connectivity index (χ2v) is 8.82. The summed E-state index contributed by atoms with van der Waals surface area (Å²) in [5, 5.41) is 4.59. The summed E-state index contributed by atoms with van der Waals surface area (Å²) in [6.07, 6.45) is 4.45. The molecule has 3 heterocycles. The van der Waals surface area contributed by atoms with Gasteiger partial charge in [0.2, 0.25) is 0 Å². The van der Waals surface area contributed by atoms with Gasteiger partial charge in [0.05, 0.1) is 18.5 Å². The molecule has 0 spiro atoms. The zero-order valence-corrected chi connectivity index (χ0v) is 20.8. The van der Waals surface area contributed by atoms with Gasteiger partial charge >= 0.3 is 5.97 Å². The van der Waals surface area contributed by atoms with Crippen molar-refractivity contribution in [1.82, 2.24) is 19.6 Å². The first-order chi connectivity index (χ1) is 17.3. The highest BCUT2D eigenvalue weighted by atomic mass is 16.5. The Kier molecular flexibility index (Phi) is 7.68. The molecule has 0 atom stereocenters. The zero-order valence-electron chi connectivity index (χ0n) is 20.8. The van der Waals surface area contributed by atoms with Crippen LogP contribution in [0.4, 0.5) is 0 Å². The van der Waals surface area contributed by atoms with Crippen molar-refractivity contribution < 1.29 is 23.5 Å². The molecule has 2 amide bonds. The van der Waals surface area contributed by atoms with Gasteiger partial charge in [0.1, 0.15) is 0 Å². The second-order valence-electron chi connectivity index (χ2n) is 8.82. The Balaban J connectivity index is 1.26. The third-order valence-electron chi connectivity index (χ3n) is 6.27. The Labute approximate surface area is 209 Å². The van der Waals surface area contributed by atoms with Gasteiger partial charge in [-0.25, -0.2) is 4.79 Å². The van der Waals surface area contributed by atoms with Crippen molar-refractivity contribution in [1.29, 1.82) is 0 Å². The largest absolute Gasteiger partial charge is 0.459 e. The summed E-state index contributed by atoms with van der Waals surface area (Å²) >= 11 is 0. The van der Waals surface area contributed by atoms with Crippen LogP contribution in [0, 0.1) is 20.8 Å². The number of piperazine rings is 1. The maximum atomic E-state index is 12.5. The number of esters is 1. The maximum Gasteiger partial charge on any atom is 0.331 e. The lowest BCUT2D eigenvalue weighted by molar-refractivity contribution is -0.148. The third-order valence-corrected chi connectivity index (χ3v) is 6.27. The van der Waals surface area contributed by atoms with Crippen molar-refractivity contribution >= 4 is 23.9 Å². The minimum absolute atomic E-state index is 0.198.